The minimum atomic E-state index is -0.952. The van der Waals surface area contributed by atoms with Crippen LogP contribution in [0.3, 0.4) is 0 Å². The zero-order valence-electron chi connectivity index (χ0n) is 16.6. The van der Waals surface area contributed by atoms with Crippen LogP contribution in [0.1, 0.15) is 30.3 Å². The molecule has 2 N–H and O–H groups in total. The van der Waals surface area contributed by atoms with Crippen molar-refractivity contribution >= 4 is 23.5 Å². The van der Waals surface area contributed by atoms with Crippen molar-refractivity contribution in [2.45, 2.75) is 39.7 Å². The van der Waals surface area contributed by atoms with E-state index in [2.05, 4.69) is 15.7 Å². The fraction of sp³-hybridized carbons (Fsp3) is 0.400. The van der Waals surface area contributed by atoms with Crippen molar-refractivity contribution in [3.05, 3.63) is 47.3 Å². The number of hydrogen-bond donors (Lipinski definition) is 2. The molecule has 0 bridgehead atoms. The van der Waals surface area contributed by atoms with Crippen LogP contribution in [-0.4, -0.2) is 40.2 Å². The topological polar surface area (TPSA) is 102 Å². The summed E-state index contributed by atoms with van der Waals surface area (Å²) in [6.45, 7) is 5.28. The minimum Gasteiger partial charge on any atom is -0.452 e. The average molecular weight is 386 g/mol. The van der Waals surface area contributed by atoms with E-state index < -0.39 is 18.0 Å². The van der Waals surface area contributed by atoms with Crippen LogP contribution in [0.2, 0.25) is 0 Å². The molecule has 28 heavy (non-hydrogen) atoms. The van der Waals surface area contributed by atoms with Gasteiger partial charge in [-0.2, -0.15) is 5.10 Å². The Hall–Kier alpha value is -3.16. The van der Waals surface area contributed by atoms with Gasteiger partial charge >= 0.3 is 5.97 Å². The minimum absolute atomic E-state index is 0.0108. The zero-order chi connectivity index (χ0) is 20.7. The first-order valence-corrected chi connectivity index (χ1v) is 9.09. The Balaban J connectivity index is 1.73. The second-order valence-electron chi connectivity index (χ2n) is 6.55. The fourth-order valence-electron chi connectivity index (χ4n) is 2.64. The average Bonchev–Trinajstić information content (AvgIpc) is 2.88. The first-order chi connectivity index (χ1) is 13.3. The molecule has 0 aliphatic heterocycles. The number of benzene rings is 1. The number of carbonyl (C=O) groups is 3. The molecule has 8 nitrogen and oxygen atoms in total. The van der Waals surface area contributed by atoms with Crippen LogP contribution in [0, 0.1) is 13.8 Å². The number of carbonyl (C=O) groups excluding carboxylic acids is 3. The molecule has 0 saturated heterocycles. The lowest BCUT2D eigenvalue weighted by atomic mass is 10.1. The number of ether oxygens (including phenoxy) is 1. The summed E-state index contributed by atoms with van der Waals surface area (Å²) < 4.78 is 6.81. The molecule has 2 aromatic rings. The van der Waals surface area contributed by atoms with Gasteiger partial charge in [-0.05, 0) is 26.3 Å². The number of nitrogens with one attached hydrogen (secondary N) is 2. The third kappa shape index (κ3) is 5.94. The number of hydrogen-bond acceptors (Lipinski definition) is 5. The molecular weight excluding hydrogens is 360 g/mol. The Morgan fingerprint density at radius 2 is 1.86 bits per heavy atom. The third-order valence-electron chi connectivity index (χ3n) is 4.29. The van der Waals surface area contributed by atoms with Gasteiger partial charge in [-0.1, -0.05) is 30.3 Å². The van der Waals surface area contributed by atoms with Crippen LogP contribution in [0.15, 0.2) is 30.3 Å². The van der Waals surface area contributed by atoms with Gasteiger partial charge in [0.1, 0.15) is 0 Å². The highest BCUT2D eigenvalue weighted by molar-refractivity contribution is 5.96. The van der Waals surface area contributed by atoms with Crippen molar-refractivity contribution in [2.24, 2.45) is 7.05 Å². The summed E-state index contributed by atoms with van der Waals surface area (Å²) >= 11 is 0. The van der Waals surface area contributed by atoms with Crippen LogP contribution in [0.4, 0.5) is 5.69 Å². The van der Waals surface area contributed by atoms with Crippen molar-refractivity contribution in [2.75, 3.05) is 11.9 Å². The molecule has 1 aromatic carbocycles. The van der Waals surface area contributed by atoms with E-state index in [0.717, 1.165) is 11.3 Å². The summed E-state index contributed by atoms with van der Waals surface area (Å²) in [4.78, 5) is 36.0. The van der Waals surface area contributed by atoms with E-state index in [1.165, 1.54) is 6.92 Å². The molecule has 150 valence electrons. The fourth-order valence-corrected chi connectivity index (χ4v) is 2.64. The van der Waals surface area contributed by atoms with Crippen LogP contribution >= 0.6 is 0 Å². The highest BCUT2D eigenvalue weighted by Crippen LogP contribution is 2.18. The maximum absolute atomic E-state index is 12.3. The lowest BCUT2D eigenvalue weighted by Crippen LogP contribution is -2.32. The Morgan fingerprint density at radius 3 is 2.46 bits per heavy atom. The van der Waals surface area contributed by atoms with E-state index in [1.807, 2.05) is 37.3 Å². The van der Waals surface area contributed by atoms with Gasteiger partial charge in [-0.25, -0.2) is 0 Å². The van der Waals surface area contributed by atoms with E-state index in [4.69, 9.17) is 4.74 Å². The Kier molecular flexibility index (Phi) is 7.31. The molecule has 0 spiro atoms. The predicted octanol–water partition coefficient (Wildman–Crippen LogP) is 1.66. The van der Waals surface area contributed by atoms with E-state index in [0.29, 0.717) is 11.4 Å². The Bertz CT molecular complexity index is 845. The summed E-state index contributed by atoms with van der Waals surface area (Å²) in [6, 6.07) is 9.33. The molecule has 0 fully saturated rings. The summed E-state index contributed by atoms with van der Waals surface area (Å²) in [6.07, 6.45) is -0.715. The number of rotatable bonds is 8. The van der Waals surface area contributed by atoms with E-state index >= 15 is 0 Å². The lowest BCUT2D eigenvalue weighted by Gasteiger charge is -2.14. The van der Waals surface area contributed by atoms with Gasteiger partial charge in [-0.3, -0.25) is 19.1 Å². The van der Waals surface area contributed by atoms with E-state index in [9.17, 15) is 14.4 Å². The smallest absolute Gasteiger partial charge is 0.308 e. The maximum atomic E-state index is 12.3. The normalized spacial score (nSPS) is 11.6. The molecule has 2 amide bonds. The lowest BCUT2D eigenvalue weighted by molar-refractivity contribution is -0.153. The number of nitrogens with zero attached hydrogens (tertiary/aromatic N) is 2. The van der Waals surface area contributed by atoms with Gasteiger partial charge in [0.2, 0.25) is 5.91 Å². The van der Waals surface area contributed by atoms with Gasteiger partial charge in [-0.15, -0.1) is 0 Å². The molecule has 1 heterocycles. The Morgan fingerprint density at radius 1 is 1.18 bits per heavy atom. The van der Waals surface area contributed by atoms with E-state index in [-0.39, 0.29) is 25.3 Å². The molecule has 8 heteroatoms. The largest absolute Gasteiger partial charge is 0.452 e. The number of anilines is 1. The summed E-state index contributed by atoms with van der Waals surface area (Å²) in [7, 11) is 1.79. The number of amides is 2. The van der Waals surface area contributed by atoms with Gasteiger partial charge in [0.25, 0.3) is 5.91 Å². The second kappa shape index (κ2) is 9.68. The van der Waals surface area contributed by atoms with Crippen molar-refractivity contribution < 1.29 is 19.1 Å². The molecular formula is C20H26N4O4. The van der Waals surface area contributed by atoms with Crippen LogP contribution in [-0.2, 0) is 32.6 Å². The highest BCUT2D eigenvalue weighted by atomic mass is 16.5. The van der Waals surface area contributed by atoms with Gasteiger partial charge < -0.3 is 15.4 Å². The monoisotopic (exact) mass is 386 g/mol. The standard InChI is InChI=1S/C20H26N4O4/c1-13-19(14(2)24(4)23-13)22-20(27)15(3)28-18(26)10-11-21-17(25)12-16-8-6-5-7-9-16/h5-9,15H,10-12H2,1-4H3,(H,21,25)(H,22,27). The van der Waals surface area contributed by atoms with Gasteiger partial charge in [0, 0.05) is 13.6 Å². The quantitative estimate of drug-likeness (QED) is 0.672. The SMILES string of the molecule is Cc1nn(C)c(C)c1NC(=O)C(C)OC(=O)CCNC(=O)Cc1ccccc1. The number of aryl methyl sites for hydroxylation is 2. The molecule has 1 aromatic heterocycles. The first kappa shape index (κ1) is 21.1. The van der Waals surface area contributed by atoms with E-state index in [1.54, 1.807) is 18.7 Å². The first-order valence-electron chi connectivity index (χ1n) is 9.09. The molecule has 1 unspecified atom stereocenters. The molecule has 1 atom stereocenters. The van der Waals surface area contributed by atoms with Crippen LogP contribution in [0.5, 0.6) is 0 Å². The van der Waals surface area contributed by atoms with Crippen molar-refractivity contribution in [3.63, 3.8) is 0 Å². The molecule has 0 saturated carbocycles. The second-order valence-corrected chi connectivity index (χ2v) is 6.55. The zero-order valence-corrected chi connectivity index (χ0v) is 16.6. The number of aromatic nitrogens is 2. The maximum Gasteiger partial charge on any atom is 0.308 e. The molecule has 0 radical (unpaired) electrons. The third-order valence-corrected chi connectivity index (χ3v) is 4.29. The summed E-state index contributed by atoms with van der Waals surface area (Å²) in [5.41, 5.74) is 3.01. The van der Waals surface area contributed by atoms with Crippen LogP contribution in [0.25, 0.3) is 0 Å². The molecule has 0 aliphatic rings. The Labute approximate surface area is 164 Å². The van der Waals surface area contributed by atoms with Crippen molar-refractivity contribution in [3.8, 4) is 0 Å². The highest BCUT2D eigenvalue weighted by Gasteiger charge is 2.20. The van der Waals surface area contributed by atoms with Gasteiger partial charge in [0.15, 0.2) is 6.10 Å². The predicted molar refractivity (Wildman–Crippen MR) is 105 cm³/mol. The van der Waals surface area contributed by atoms with Gasteiger partial charge in [0.05, 0.1) is 29.9 Å². The molecule has 0 aliphatic carbocycles. The number of esters is 1. The summed E-state index contributed by atoms with van der Waals surface area (Å²) in [5, 5.41) is 9.63. The van der Waals surface area contributed by atoms with Crippen molar-refractivity contribution in [1.82, 2.24) is 15.1 Å². The summed E-state index contributed by atoms with van der Waals surface area (Å²) in [5.74, 6) is -1.16. The van der Waals surface area contributed by atoms with Crippen LogP contribution < -0.4 is 10.6 Å². The molecule has 2 rings (SSSR count). The van der Waals surface area contributed by atoms with Crippen molar-refractivity contribution in [1.29, 1.82) is 0 Å².